The maximum absolute atomic E-state index is 11.6. The van der Waals surface area contributed by atoms with Gasteiger partial charge in [-0.1, -0.05) is 18.2 Å². The number of rotatable bonds is 2. The Morgan fingerprint density at radius 3 is 2.86 bits per heavy atom. The Kier molecular flexibility index (Phi) is 2.52. The molecule has 108 valence electrons. The van der Waals surface area contributed by atoms with E-state index in [1.807, 2.05) is 24.3 Å². The Morgan fingerprint density at radius 2 is 2.00 bits per heavy atom. The van der Waals surface area contributed by atoms with Crippen LogP contribution < -0.4 is 5.56 Å². The maximum Gasteiger partial charge on any atom is 0.276 e. The number of aromatic amines is 3. The molecule has 0 aliphatic rings. The molecule has 0 bridgehead atoms. The minimum atomic E-state index is -0.339. The van der Waals surface area contributed by atoms with Gasteiger partial charge < -0.3 is 20.1 Å². The van der Waals surface area contributed by atoms with Gasteiger partial charge in [0.1, 0.15) is 0 Å². The molecule has 3 aromatic heterocycles. The molecular weight excluding hydrogens is 286 g/mol. The number of hydrogen-bond donors (Lipinski definition) is 4. The first-order chi connectivity index (χ1) is 10.7. The second-order valence-corrected chi connectivity index (χ2v) is 4.56. The normalized spacial score (nSPS) is 11.8. The SMILES string of the molecule is O=c1[nH]cnc2nc(N=Nc3c(O)[nH]c4ccccc34)[nH]c12. The highest BCUT2D eigenvalue weighted by atomic mass is 16.3. The molecule has 0 saturated carbocycles. The molecule has 0 fully saturated rings. The summed E-state index contributed by atoms with van der Waals surface area (Å²) >= 11 is 0. The number of nitrogens with zero attached hydrogens (tertiary/aromatic N) is 4. The minimum absolute atomic E-state index is 0.0861. The molecule has 0 aliphatic heterocycles. The summed E-state index contributed by atoms with van der Waals surface area (Å²) in [7, 11) is 0. The van der Waals surface area contributed by atoms with Gasteiger partial charge in [0, 0.05) is 5.39 Å². The second kappa shape index (κ2) is 4.52. The van der Waals surface area contributed by atoms with Gasteiger partial charge in [0.2, 0.25) is 11.8 Å². The summed E-state index contributed by atoms with van der Waals surface area (Å²) in [5.74, 6) is 0.0425. The van der Waals surface area contributed by atoms with E-state index in [1.54, 1.807) is 0 Å². The van der Waals surface area contributed by atoms with Crippen LogP contribution in [0.15, 0.2) is 45.6 Å². The third-order valence-corrected chi connectivity index (χ3v) is 3.19. The monoisotopic (exact) mass is 295 g/mol. The van der Waals surface area contributed by atoms with Crippen LogP contribution >= 0.6 is 0 Å². The predicted octanol–water partition coefficient (Wildman–Crippen LogP) is 2.25. The topological polar surface area (TPSA) is 135 Å². The van der Waals surface area contributed by atoms with Crippen LogP contribution in [0.3, 0.4) is 0 Å². The summed E-state index contributed by atoms with van der Waals surface area (Å²) in [5.41, 5.74) is 1.18. The Bertz CT molecular complexity index is 1070. The molecule has 0 unspecified atom stereocenters. The first-order valence-corrected chi connectivity index (χ1v) is 6.37. The maximum atomic E-state index is 11.6. The van der Waals surface area contributed by atoms with Crippen LogP contribution in [0.1, 0.15) is 0 Å². The molecule has 22 heavy (non-hydrogen) atoms. The number of hydrogen-bond acceptors (Lipinski definition) is 6. The Balaban J connectivity index is 1.80. The van der Waals surface area contributed by atoms with Crippen molar-refractivity contribution < 1.29 is 5.11 Å². The number of H-pyrrole nitrogens is 3. The molecule has 0 radical (unpaired) electrons. The van der Waals surface area contributed by atoms with Crippen molar-refractivity contribution in [3.8, 4) is 5.88 Å². The third kappa shape index (κ3) is 1.84. The van der Waals surface area contributed by atoms with Gasteiger partial charge in [-0.05, 0) is 6.07 Å². The lowest BCUT2D eigenvalue weighted by Gasteiger charge is -1.89. The number of aromatic hydroxyl groups is 1. The molecule has 0 amide bonds. The van der Waals surface area contributed by atoms with Crippen LogP contribution in [0.2, 0.25) is 0 Å². The fourth-order valence-corrected chi connectivity index (χ4v) is 2.19. The highest BCUT2D eigenvalue weighted by Gasteiger charge is 2.10. The summed E-state index contributed by atoms with van der Waals surface area (Å²) in [6.45, 7) is 0. The largest absolute Gasteiger partial charge is 0.493 e. The number of imidazole rings is 1. The Hall–Kier alpha value is -3.49. The summed E-state index contributed by atoms with van der Waals surface area (Å²) in [6.07, 6.45) is 1.26. The Labute approximate surface area is 121 Å². The van der Waals surface area contributed by atoms with E-state index in [2.05, 4.69) is 35.1 Å². The van der Waals surface area contributed by atoms with Gasteiger partial charge in [-0.3, -0.25) is 4.79 Å². The average molecular weight is 295 g/mol. The van der Waals surface area contributed by atoms with Gasteiger partial charge in [0.25, 0.3) is 5.56 Å². The molecular formula is C13H9N7O2. The molecule has 0 spiro atoms. The molecule has 0 saturated heterocycles. The first-order valence-electron chi connectivity index (χ1n) is 6.37. The quantitative estimate of drug-likeness (QED) is 0.422. The van der Waals surface area contributed by atoms with Crippen LogP contribution in [0.25, 0.3) is 22.1 Å². The Morgan fingerprint density at radius 1 is 1.14 bits per heavy atom. The highest BCUT2D eigenvalue weighted by Crippen LogP contribution is 2.35. The van der Waals surface area contributed by atoms with Crippen LogP contribution in [-0.2, 0) is 0 Å². The number of benzene rings is 1. The first kappa shape index (κ1) is 12.3. The molecule has 0 aliphatic carbocycles. The smallest absolute Gasteiger partial charge is 0.276 e. The third-order valence-electron chi connectivity index (χ3n) is 3.19. The van der Waals surface area contributed by atoms with E-state index in [-0.39, 0.29) is 28.6 Å². The van der Waals surface area contributed by atoms with Gasteiger partial charge in [-0.15, -0.1) is 10.2 Å². The summed E-state index contributed by atoms with van der Waals surface area (Å²) in [4.78, 5) is 27.5. The van der Waals surface area contributed by atoms with Crippen LogP contribution in [0.5, 0.6) is 5.88 Å². The molecule has 9 heteroatoms. The van der Waals surface area contributed by atoms with E-state index in [1.165, 1.54) is 6.33 Å². The van der Waals surface area contributed by atoms with Gasteiger partial charge in [0.05, 0.1) is 11.8 Å². The van der Waals surface area contributed by atoms with E-state index < -0.39 is 0 Å². The summed E-state index contributed by atoms with van der Waals surface area (Å²) < 4.78 is 0. The molecule has 4 aromatic rings. The van der Waals surface area contributed by atoms with Gasteiger partial charge >= 0.3 is 0 Å². The number of fused-ring (bicyclic) bond motifs is 2. The fraction of sp³-hybridized carbons (Fsp3) is 0. The van der Waals surface area contributed by atoms with E-state index in [9.17, 15) is 9.90 Å². The molecule has 9 nitrogen and oxygen atoms in total. The molecule has 0 atom stereocenters. The zero-order valence-electron chi connectivity index (χ0n) is 11.0. The van der Waals surface area contributed by atoms with Crippen molar-refractivity contribution in [3.63, 3.8) is 0 Å². The number of aromatic nitrogens is 5. The fourth-order valence-electron chi connectivity index (χ4n) is 2.19. The zero-order chi connectivity index (χ0) is 15.1. The molecule has 1 aromatic carbocycles. The standard InChI is InChI=1S/C13H9N7O2/c21-11-9-10(14-5-15-11)18-13(17-9)20-19-8-6-3-1-2-4-7(6)16-12(8)22/h1-5,16,22H,(H2,14,15,17,18,21). The summed E-state index contributed by atoms with van der Waals surface area (Å²) in [6, 6.07) is 7.30. The molecule has 4 rings (SSSR count). The van der Waals surface area contributed by atoms with E-state index in [0.29, 0.717) is 5.69 Å². The van der Waals surface area contributed by atoms with Crippen molar-refractivity contribution in [1.82, 2.24) is 24.9 Å². The van der Waals surface area contributed by atoms with Gasteiger partial charge in [-0.2, -0.15) is 4.98 Å². The van der Waals surface area contributed by atoms with Gasteiger partial charge in [-0.25, -0.2) is 4.98 Å². The lowest BCUT2D eigenvalue weighted by atomic mass is 10.2. The van der Waals surface area contributed by atoms with Crippen LogP contribution in [-0.4, -0.2) is 30.0 Å². The average Bonchev–Trinajstić information content (AvgIpc) is 3.06. The van der Waals surface area contributed by atoms with Crippen molar-refractivity contribution >= 4 is 33.7 Å². The second-order valence-electron chi connectivity index (χ2n) is 4.56. The summed E-state index contributed by atoms with van der Waals surface area (Å²) in [5, 5.41) is 18.5. The van der Waals surface area contributed by atoms with Crippen molar-refractivity contribution in [2.75, 3.05) is 0 Å². The van der Waals surface area contributed by atoms with E-state index in [0.717, 1.165) is 10.9 Å². The number of nitrogens with one attached hydrogen (secondary N) is 3. The lowest BCUT2D eigenvalue weighted by molar-refractivity contribution is 0.459. The van der Waals surface area contributed by atoms with Gasteiger partial charge in [0.15, 0.2) is 16.9 Å². The molecule has 3 heterocycles. The predicted molar refractivity (Wildman–Crippen MR) is 78.6 cm³/mol. The molecule has 4 N–H and O–H groups in total. The zero-order valence-corrected chi connectivity index (χ0v) is 11.0. The van der Waals surface area contributed by atoms with E-state index >= 15 is 0 Å². The van der Waals surface area contributed by atoms with Crippen molar-refractivity contribution in [2.45, 2.75) is 0 Å². The number of para-hydroxylation sites is 1. The number of azo groups is 1. The highest BCUT2D eigenvalue weighted by molar-refractivity contribution is 5.94. The van der Waals surface area contributed by atoms with Crippen molar-refractivity contribution in [2.24, 2.45) is 10.2 Å². The minimum Gasteiger partial charge on any atom is -0.493 e. The van der Waals surface area contributed by atoms with Crippen molar-refractivity contribution in [3.05, 3.63) is 40.9 Å². The lowest BCUT2D eigenvalue weighted by Crippen LogP contribution is -2.05. The van der Waals surface area contributed by atoms with Crippen LogP contribution in [0.4, 0.5) is 11.6 Å². The van der Waals surface area contributed by atoms with E-state index in [4.69, 9.17) is 0 Å². The van der Waals surface area contributed by atoms with Crippen molar-refractivity contribution in [1.29, 1.82) is 0 Å². The van der Waals surface area contributed by atoms with Crippen LogP contribution in [0, 0.1) is 0 Å².